The molecule has 15 heteroatoms. The molecule has 0 radical (unpaired) electrons. The van der Waals surface area contributed by atoms with Crippen LogP contribution in [-0.2, 0) is 38.2 Å². The minimum Gasteiger partial charge on any atom is -0.481 e. The lowest BCUT2D eigenvalue weighted by Crippen LogP contribution is -2.38. The van der Waals surface area contributed by atoms with E-state index < -0.39 is 17.5 Å². The average molecular weight is 700 g/mol. The summed E-state index contributed by atoms with van der Waals surface area (Å²) in [6.07, 6.45) is 12.2. The summed E-state index contributed by atoms with van der Waals surface area (Å²) in [5.41, 5.74) is 1.55. The Morgan fingerprint density at radius 3 is 1.49 bits per heavy atom. The highest BCUT2D eigenvalue weighted by atomic mass is 16.5. The fourth-order valence-corrected chi connectivity index (χ4v) is 5.30. The zero-order valence-electron chi connectivity index (χ0n) is 29.3. The van der Waals surface area contributed by atoms with Crippen LogP contribution in [0.5, 0.6) is 0 Å². The van der Waals surface area contributed by atoms with Crippen LogP contribution in [0.3, 0.4) is 0 Å². The number of hydrogen-bond donors (Lipinski definition) is 6. The van der Waals surface area contributed by atoms with Gasteiger partial charge in [-0.2, -0.15) is 5.10 Å². The van der Waals surface area contributed by atoms with Crippen molar-refractivity contribution in [1.29, 1.82) is 0 Å². The van der Waals surface area contributed by atoms with Crippen molar-refractivity contribution in [3.63, 3.8) is 0 Å². The number of nitrogens with zero attached hydrogens (tertiary/aromatic N) is 1. The molecular formula is C34H61N5O10. The van der Waals surface area contributed by atoms with Crippen LogP contribution in [0.4, 0.5) is 0 Å². The Labute approximate surface area is 291 Å². The summed E-state index contributed by atoms with van der Waals surface area (Å²) in [5, 5.41) is 29.9. The number of hydrogen-bond acceptors (Lipinski definition) is 10. The van der Waals surface area contributed by atoms with E-state index in [2.05, 4.69) is 33.2 Å². The molecule has 1 rings (SSSR count). The number of carbonyl (C=O) groups is 5. The highest BCUT2D eigenvalue weighted by molar-refractivity contribution is 5.84. The topological polar surface area (TPSA) is 214 Å². The summed E-state index contributed by atoms with van der Waals surface area (Å²) in [4.78, 5) is 57.7. The van der Waals surface area contributed by atoms with Crippen molar-refractivity contribution in [3.8, 4) is 0 Å². The van der Waals surface area contributed by atoms with Crippen LogP contribution < -0.4 is 21.4 Å². The molecular weight excluding hydrogens is 638 g/mol. The number of ether oxygens (including phenoxy) is 3. The second-order valence-corrected chi connectivity index (χ2v) is 12.4. The van der Waals surface area contributed by atoms with Crippen molar-refractivity contribution in [3.05, 3.63) is 0 Å². The Hall–Kier alpha value is -3.30. The molecule has 1 saturated carbocycles. The zero-order chi connectivity index (χ0) is 36.0. The highest BCUT2D eigenvalue weighted by Gasteiger charge is 2.60. The Bertz CT molecular complexity index is 970. The van der Waals surface area contributed by atoms with Crippen molar-refractivity contribution >= 4 is 36.4 Å². The maximum Gasteiger partial charge on any atom is 0.331 e. The Morgan fingerprint density at radius 2 is 1.02 bits per heavy atom. The molecule has 2 atom stereocenters. The van der Waals surface area contributed by atoms with E-state index in [0.717, 1.165) is 57.8 Å². The van der Waals surface area contributed by atoms with E-state index in [1.807, 2.05) is 0 Å². The van der Waals surface area contributed by atoms with Gasteiger partial charge in [0.15, 0.2) is 5.54 Å². The molecule has 2 unspecified atom stereocenters. The highest BCUT2D eigenvalue weighted by Crippen LogP contribution is 2.46. The Balaban J connectivity index is 1.78. The third-order valence-corrected chi connectivity index (χ3v) is 8.26. The molecule has 0 bridgehead atoms. The van der Waals surface area contributed by atoms with Crippen molar-refractivity contribution in [2.75, 3.05) is 59.3 Å². The van der Waals surface area contributed by atoms with Gasteiger partial charge in [0.25, 0.3) is 0 Å². The Kier molecular flexibility index (Phi) is 25.5. The number of carboxylic acids is 2. The third kappa shape index (κ3) is 23.7. The molecule has 3 amide bonds. The summed E-state index contributed by atoms with van der Waals surface area (Å²) in [6, 6.07) is 0. The van der Waals surface area contributed by atoms with Crippen LogP contribution in [0.2, 0.25) is 0 Å². The lowest BCUT2D eigenvalue weighted by atomic mass is 10.1. The smallest absolute Gasteiger partial charge is 0.331 e. The summed E-state index contributed by atoms with van der Waals surface area (Å²) in [7, 11) is 0. The largest absolute Gasteiger partial charge is 0.481 e. The molecule has 15 nitrogen and oxygen atoms in total. The summed E-state index contributed by atoms with van der Waals surface area (Å²) < 4.78 is 16.5. The number of nitrogens with one attached hydrogen (secondary N) is 4. The number of hydrazone groups is 1. The minimum absolute atomic E-state index is 0.0429. The van der Waals surface area contributed by atoms with Gasteiger partial charge < -0.3 is 40.4 Å². The van der Waals surface area contributed by atoms with Gasteiger partial charge in [0.1, 0.15) is 0 Å². The summed E-state index contributed by atoms with van der Waals surface area (Å²) in [5.74, 6) is -2.05. The predicted octanol–water partition coefficient (Wildman–Crippen LogP) is 2.76. The Morgan fingerprint density at radius 1 is 0.592 bits per heavy atom. The van der Waals surface area contributed by atoms with Gasteiger partial charge in [-0.15, -0.1) is 0 Å². The number of rotatable bonds is 35. The molecule has 0 saturated heterocycles. The molecule has 0 heterocycles. The van der Waals surface area contributed by atoms with E-state index in [4.69, 9.17) is 19.3 Å². The lowest BCUT2D eigenvalue weighted by Gasteiger charge is -2.11. The second-order valence-electron chi connectivity index (χ2n) is 12.4. The van der Waals surface area contributed by atoms with Gasteiger partial charge in [0.2, 0.25) is 17.7 Å². The van der Waals surface area contributed by atoms with E-state index in [-0.39, 0.29) is 42.9 Å². The third-order valence-electron chi connectivity index (χ3n) is 8.26. The predicted molar refractivity (Wildman–Crippen MR) is 184 cm³/mol. The maximum atomic E-state index is 12.0. The van der Waals surface area contributed by atoms with Crippen molar-refractivity contribution in [2.24, 2.45) is 11.0 Å². The van der Waals surface area contributed by atoms with Gasteiger partial charge in [-0.1, -0.05) is 38.5 Å². The van der Waals surface area contributed by atoms with Gasteiger partial charge in [0, 0.05) is 65.2 Å². The normalized spacial score (nSPS) is 16.4. The van der Waals surface area contributed by atoms with E-state index in [9.17, 15) is 29.1 Å². The first-order valence-corrected chi connectivity index (χ1v) is 17.9. The lowest BCUT2D eigenvalue weighted by molar-refractivity contribution is -0.141. The fourth-order valence-electron chi connectivity index (χ4n) is 5.30. The van der Waals surface area contributed by atoms with Gasteiger partial charge in [0.05, 0.1) is 26.4 Å². The molecule has 1 aliphatic rings. The van der Waals surface area contributed by atoms with Crippen LogP contribution >= 0.6 is 0 Å². The quantitative estimate of drug-likeness (QED) is 0.0321. The van der Waals surface area contributed by atoms with Crippen molar-refractivity contribution in [2.45, 2.75) is 115 Å². The molecule has 1 aliphatic carbocycles. The van der Waals surface area contributed by atoms with Crippen molar-refractivity contribution in [1.82, 2.24) is 21.4 Å². The van der Waals surface area contributed by atoms with Crippen LogP contribution in [0.15, 0.2) is 5.10 Å². The van der Waals surface area contributed by atoms with Crippen molar-refractivity contribution < 1.29 is 48.4 Å². The zero-order valence-corrected chi connectivity index (χ0v) is 29.3. The van der Waals surface area contributed by atoms with E-state index in [1.54, 1.807) is 0 Å². The number of unbranched alkanes of at least 4 members (excludes halogenated alkanes) is 7. The fraction of sp³-hybridized carbons (Fsp3) is 0.824. The molecule has 6 N–H and O–H groups in total. The average Bonchev–Trinajstić information content (AvgIpc) is 3.78. The first kappa shape index (κ1) is 43.7. The van der Waals surface area contributed by atoms with Gasteiger partial charge in [-0.3, -0.25) is 24.6 Å². The first-order chi connectivity index (χ1) is 23.7. The number of carboxylic acid groups (broad SMARTS) is 2. The van der Waals surface area contributed by atoms with Gasteiger partial charge >= 0.3 is 11.9 Å². The standard InChI is InChI=1S/C34H61N5O10/c1-35-39-34(33(45)46)27-28(34)13-10-18-36-30(41)16-17-31(42)38-20-12-22-48-24-26-49-25-23-47-21-11-19-37-29(40)14-8-6-4-2-3-5-7-9-15-32(43)44/h28,39H,1-27H2,(H,36,41)(H,37,40)(H,38,42)(H,43,44)(H,45,46). The first-order valence-electron chi connectivity index (χ1n) is 17.9. The van der Waals surface area contributed by atoms with Crippen LogP contribution in [0, 0.1) is 5.92 Å². The molecule has 0 aliphatic heterocycles. The minimum atomic E-state index is -1.03. The van der Waals surface area contributed by atoms with Gasteiger partial charge in [-0.05, 0) is 50.9 Å². The summed E-state index contributed by atoms with van der Waals surface area (Å²) in [6.45, 7) is 7.59. The summed E-state index contributed by atoms with van der Waals surface area (Å²) >= 11 is 0. The molecule has 0 aromatic rings. The van der Waals surface area contributed by atoms with E-state index in [1.165, 1.54) is 0 Å². The van der Waals surface area contributed by atoms with Crippen LogP contribution in [0.1, 0.15) is 109 Å². The van der Waals surface area contributed by atoms with Gasteiger partial charge in [-0.25, -0.2) is 4.79 Å². The second kappa shape index (κ2) is 28.5. The SMILES string of the molecule is C=NNC1(C(=O)O)CC1CCCNC(=O)CCC(=O)NCCCOCCOCCOCCCNC(=O)CCCCCCCCCCC(=O)O. The number of carbonyl (C=O) groups excluding carboxylic acids is 3. The van der Waals surface area contributed by atoms with Crippen LogP contribution in [-0.4, -0.2) is 111 Å². The molecule has 0 spiro atoms. The molecule has 1 fully saturated rings. The van der Waals surface area contributed by atoms with E-state index >= 15 is 0 Å². The molecule has 49 heavy (non-hydrogen) atoms. The molecule has 0 aromatic heterocycles. The monoisotopic (exact) mass is 699 g/mol. The van der Waals surface area contributed by atoms with E-state index in [0.29, 0.717) is 91.4 Å². The molecule has 282 valence electrons. The number of aliphatic carboxylic acids is 2. The van der Waals surface area contributed by atoms with Crippen LogP contribution in [0.25, 0.3) is 0 Å². The number of amides is 3. The molecule has 0 aromatic carbocycles. The maximum absolute atomic E-state index is 12.0.